The Morgan fingerprint density at radius 2 is 2.00 bits per heavy atom. The van der Waals surface area contributed by atoms with Gasteiger partial charge in [-0.15, -0.1) is 0 Å². The van der Waals surface area contributed by atoms with Crippen LogP contribution in [0.3, 0.4) is 0 Å². The molecule has 1 fully saturated rings. The fourth-order valence-corrected chi connectivity index (χ4v) is 3.11. The van der Waals surface area contributed by atoms with E-state index in [1.807, 2.05) is 7.05 Å². The second kappa shape index (κ2) is 6.71. The molecule has 0 radical (unpaired) electrons. The predicted octanol–water partition coefficient (Wildman–Crippen LogP) is 2.48. The second-order valence-corrected chi connectivity index (χ2v) is 6.86. The van der Waals surface area contributed by atoms with Gasteiger partial charge in [0.2, 0.25) is 0 Å². The van der Waals surface area contributed by atoms with Crippen molar-refractivity contribution in [1.82, 2.24) is 4.90 Å². The summed E-state index contributed by atoms with van der Waals surface area (Å²) in [6, 6.07) is 0.130. The molecule has 0 aromatic carbocycles. The normalized spacial score (nSPS) is 28.6. The van der Waals surface area contributed by atoms with Gasteiger partial charge in [-0.1, -0.05) is 20.8 Å². The van der Waals surface area contributed by atoms with Crippen molar-refractivity contribution in [2.45, 2.75) is 46.1 Å². The molecule has 19 heavy (non-hydrogen) atoms. The summed E-state index contributed by atoms with van der Waals surface area (Å²) in [4.78, 5) is 13.6. The van der Waals surface area contributed by atoms with Crippen LogP contribution < -0.4 is 0 Å². The summed E-state index contributed by atoms with van der Waals surface area (Å²) >= 11 is 0. The number of hydrogen-bond donors (Lipinski definition) is 1. The second-order valence-electron chi connectivity index (χ2n) is 6.86. The number of likely N-dealkylation sites (N-methyl/N-ethyl adjacent to an activating group) is 1. The lowest BCUT2D eigenvalue weighted by Crippen LogP contribution is -2.48. The van der Waals surface area contributed by atoms with E-state index in [1.165, 1.54) is 0 Å². The highest BCUT2D eigenvalue weighted by molar-refractivity contribution is 5.71. The molecule has 0 aromatic heterocycles. The minimum absolute atomic E-state index is 0.130. The number of aliphatic carboxylic acids is 1. The molecule has 0 spiro atoms. The maximum atomic E-state index is 11.4. The quantitative estimate of drug-likeness (QED) is 0.834. The molecule has 0 aromatic rings. The van der Waals surface area contributed by atoms with Crippen molar-refractivity contribution in [3.63, 3.8) is 0 Å². The van der Waals surface area contributed by atoms with E-state index < -0.39 is 5.97 Å². The fourth-order valence-electron chi connectivity index (χ4n) is 3.11. The minimum atomic E-state index is -0.651. The van der Waals surface area contributed by atoms with E-state index >= 15 is 0 Å². The first-order valence-electron chi connectivity index (χ1n) is 7.19. The minimum Gasteiger partial charge on any atom is -0.481 e. The van der Waals surface area contributed by atoms with Crippen LogP contribution >= 0.6 is 0 Å². The van der Waals surface area contributed by atoms with Gasteiger partial charge in [-0.2, -0.15) is 0 Å². The summed E-state index contributed by atoms with van der Waals surface area (Å²) in [6.45, 7) is 8.21. The molecule has 3 atom stereocenters. The van der Waals surface area contributed by atoms with Gasteiger partial charge in [0, 0.05) is 19.7 Å². The third-order valence-electron chi connectivity index (χ3n) is 4.57. The SMILES string of the molecule is COCCN(C)C1CC(C(C)(C)C)CCC1C(=O)O. The van der Waals surface area contributed by atoms with E-state index in [0.29, 0.717) is 12.5 Å². The number of carboxylic acids is 1. The predicted molar refractivity (Wildman–Crippen MR) is 76.2 cm³/mol. The molecule has 3 unspecified atom stereocenters. The largest absolute Gasteiger partial charge is 0.481 e. The maximum absolute atomic E-state index is 11.4. The van der Waals surface area contributed by atoms with Crippen molar-refractivity contribution in [2.75, 3.05) is 27.3 Å². The van der Waals surface area contributed by atoms with Gasteiger partial charge >= 0.3 is 5.97 Å². The summed E-state index contributed by atoms with van der Waals surface area (Å²) in [5.74, 6) is -0.292. The van der Waals surface area contributed by atoms with Gasteiger partial charge < -0.3 is 14.7 Å². The van der Waals surface area contributed by atoms with Crippen molar-refractivity contribution >= 4 is 5.97 Å². The summed E-state index contributed by atoms with van der Waals surface area (Å²) in [5, 5.41) is 9.41. The number of carboxylic acid groups (broad SMARTS) is 1. The zero-order valence-electron chi connectivity index (χ0n) is 13.0. The average molecular weight is 271 g/mol. The molecule has 4 heteroatoms. The molecule has 1 saturated carbocycles. The lowest BCUT2D eigenvalue weighted by molar-refractivity contribution is -0.146. The zero-order chi connectivity index (χ0) is 14.6. The summed E-state index contributed by atoms with van der Waals surface area (Å²) in [5.41, 5.74) is 0.254. The zero-order valence-corrected chi connectivity index (χ0v) is 13.0. The highest BCUT2D eigenvalue weighted by Crippen LogP contribution is 2.41. The molecule has 1 aliphatic carbocycles. The number of rotatable bonds is 5. The van der Waals surface area contributed by atoms with Gasteiger partial charge in [-0.3, -0.25) is 4.79 Å². The Balaban J connectivity index is 2.76. The highest BCUT2D eigenvalue weighted by atomic mass is 16.5. The van der Waals surface area contributed by atoms with Crippen LogP contribution in [0.5, 0.6) is 0 Å². The summed E-state index contributed by atoms with van der Waals surface area (Å²) in [7, 11) is 3.70. The Labute approximate surface area is 117 Å². The van der Waals surface area contributed by atoms with E-state index in [-0.39, 0.29) is 17.4 Å². The number of methoxy groups -OCH3 is 1. The van der Waals surface area contributed by atoms with Crippen LogP contribution in [0.25, 0.3) is 0 Å². The van der Waals surface area contributed by atoms with E-state index in [9.17, 15) is 9.90 Å². The third-order valence-corrected chi connectivity index (χ3v) is 4.57. The number of ether oxygens (including phenoxy) is 1. The van der Waals surface area contributed by atoms with E-state index in [0.717, 1.165) is 25.8 Å². The Morgan fingerprint density at radius 1 is 1.37 bits per heavy atom. The van der Waals surface area contributed by atoms with Gasteiger partial charge in [0.15, 0.2) is 0 Å². The Kier molecular flexibility index (Phi) is 5.81. The molecule has 1 N–H and O–H groups in total. The van der Waals surface area contributed by atoms with E-state index in [1.54, 1.807) is 7.11 Å². The standard InChI is InChI=1S/C15H29NO3/c1-15(2,3)11-6-7-12(14(17)18)13(10-11)16(4)8-9-19-5/h11-13H,6-10H2,1-5H3,(H,17,18). The summed E-state index contributed by atoms with van der Waals surface area (Å²) < 4.78 is 5.10. The first-order valence-corrected chi connectivity index (χ1v) is 7.19. The smallest absolute Gasteiger partial charge is 0.308 e. The molecular formula is C15H29NO3. The van der Waals surface area contributed by atoms with E-state index in [2.05, 4.69) is 25.7 Å². The van der Waals surface area contributed by atoms with Crippen molar-refractivity contribution in [1.29, 1.82) is 0 Å². The first kappa shape index (κ1) is 16.4. The fraction of sp³-hybridized carbons (Fsp3) is 0.933. The molecule has 0 bridgehead atoms. The van der Waals surface area contributed by atoms with Gasteiger partial charge in [0.1, 0.15) is 0 Å². The topological polar surface area (TPSA) is 49.8 Å². The van der Waals surface area contributed by atoms with Crippen molar-refractivity contribution in [3.8, 4) is 0 Å². The van der Waals surface area contributed by atoms with Crippen molar-refractivity contribution in [2.24, 2.45) is 17.3 Å². The van der Waals surface area contributed by atoms with Crippen molar-refractivity contribution < 1.29 is 14.6 Å². The Hall–Kier alpha value is -0.610. The van der Waals surface area contributed by atoms with Gasteiger partial charge in [0.05, 0.1) is 12.5 Å². The molecule has 1 rings (SSSR count). The molecule has 0 amide bonds. The highest BCUT2D eigenvalue weighted by Gasteiger charge is 2.40. The van der Waals surface area contributed by atoms with Crippen LogP contribution in [0.4, 0.5) is 0 Å². The lowest BCUT2D eigenvalue weighted by atomic mass is 9.67. The van der Waals surface area contributed by atoms with Crippen molar-refractivity contribution in [3.05, 3.63) is 0 Å². The average Bonchev–Trinajstić information content (AvgIpc) is 2.33. The Bertz CT molecular complexity index is 298. The number of carbonyl (C=O) groups is 1. The Morgan fingerprint density at radius 3 is 2.47 bits per heavy atom. The van der Waals surface area contributed by atoms with Gasteiger partial charge in [-0.05, 0) is 37.6 Å². The summed E-state index contributed by atoms with van der Waals surface area (Å²) in [6.07, 6.45) is 2.79. The molecule has 1 aliphatic rings. The van der Waals surface area contributed by atoms with Gasteiger partial charge in [0.25, 0.3) is 0 Å². The molecule has 0 saturated heterocycles. The molecular weight excluding hydrogens is 242 g/mol. The van der Waals surface area contributed by atoms with Crippen LogP contribution in [0.1, 0.15) is 40.0 Å². The lowest BCUT2D eigenvalue weighted by Gasteiger charge is -2.43. The van der Waals surface area contributed by atoms with Crippen LogP contribution in [-0.2, 0) is 9.53 Å². The third kappa shape index (κ3) is 4.46. The van der Waals surface area contributed by atoms with Crippen LogP contribution in [-0.4, -0.2) is 49.3 Å². The number of nitrogens with zero attached hydrogens (tertiary/aromatic N) is 1. The number of hydrogen-bond acceptors (Lipinski definition) is 3. The molecule has 0 aliphatic heterocycles. The van der Waals surface area contributed by atoms with Gasteiger partial charge in [-0.25, -0.2) is 0 Å². The monoisotopic (exact) mass is 271 g/mol. The first-order chi connectivity index (χ1) is 8.77. The van der Waals surface area contributed by atoms with Crippen LogP contribution in [0.2, 0.25) is 0 Å². The molecule has 4 nitrogen and oxygen atoms in total. The van der Waals surface area contributed by atoms with Crippen LogP contribution in [0, 0.1) is 17.3 Å². The molecule has 112 valence electrons. The maximum Gasteiger partial charge on any atom is 0.308 e. The molecule has 0 heterocycles. The van der Waals surface area contributed by atoms with E-state index in [4.69, 9.17) is 4.74 Å². The van der Waals surface area contributed by atoms with Crippen LogP contribution in [0.15, 0.2) is 0 Å².